The van der Waals surface area contributed by atoms with Crippen molar-refractivity contribution in [1.29, 1.82) is 0 Å². The summed E-state index contributed by atoms with van der Waals surface area (Å²) in [4.78, 5) is 15.0. The van der Waals surface area contributed by atoms with Gasteiger partial charge in [-0.3, -0.25) is 4.72 Å². The number of nitrogens with zero attached hydrogens (tertiary/aromatic N) is 1. The molecule has 1 atom stereocenters. The second-order valence-electron chi connectivity index (χ2n) is 18.0. The summed E-state index contributed by atoms with van der Waals surface area (Å²) in [5, 5.41) is 3.36. The highest BCUT2D eigenvalue weighted by molar-refractivity contribution is 7.92. The summed E-state index contributed by atoms with van der Waals surface area (Å²) in [6.07, 6.45) is 24.7. The summed E-state index contributed by atoms with van der Waals surface area (Å²) in [7, 11) is -4.13. The monoisotopic (exact) mass is 861 g/mol. The minimum Gasteiger partial charge on any atom is -0.493 e. The molecule has 0 saturated heterocycles. The van der Waals surface area contributed by atoms with Crippen LogP contribution in [0, 0.1) is 0 Å². The van der Waals surface area contributed by atoms with Gasteiger partial charge in [0.2, 0.25) is 0 Å². The number of para-hydroxylation sites is 1. The number of amides is 2. The summed E-state index contributed by atoms with van der Waals surface area (Å²) in [6.45, 7) is 16.1. The van der Waals surface area contributed by atoms with Crippen molar-refractivity contribution >= 4 is 33.1 Å². The van der Waals surface area contributed by atoms with E-state index in [1.807, 2.05) is 69.3 Å². The molecular formula is C52H84N4O4S. The molecule has 0 spiro atoms. The van der Waals surface area contributed by atoms with Crippen LogP contribution in [-0.4, -0.2) is 39.0 Å². The van der Waals surface area contributed by atoms with Crippen molar-refractivity contribution in [2.75, 3.05) is 29.7 Å². The van der Waals surface area contributed by atoms with E-state index >= 15 is 0 Å². The van der Waals surface area contributed by atoms with Gasteiger partial charge in [-0.2, -0.15) is 0 Å². The number of anilines is 3. The summed E-state index contributed by atoms with van der Waals surface area (Å²) < 4.78 is 39.3. The van der Waals surface area contributed by atoms with Crippen LogP contribution >= 0.6 is 0 Å². The van der Waals surface area contributed by atoms with Crippen molar-refractivity contribution in [2.45, 2.75) is 200 Å². The largest absolute Gasteiger partial charge is 0.493 e. The number of hydrogen-bond donors (Lipinski definition) is 3. The number of carbonyl (C=O) groups excluding carboxylic acids is 1. The average molecular weight is 861 g/mol. The van der Waals surface area contributed by atoms with Gasteiger partial charge in [-0.05, 0) is 72.2 Å². The van der Waals surface area contributed by atoms with Crippen molar-refractivity contribution in [3.8, 4) is 5.75 Å². The van der Waals surface area contributed by atoms with Crippen molar-refractivity contribution < 1.29 is 17.9 Å². The normalized spacial score (nSPS) is 12.2. The molecule has 8 nitrogen and oxygen atoms in total. The van der Waals surface area contributed by atoms with Crippen LogP contribution in [0.15, 0.2) is 65.6 Å². The van der Waals surface area contributed by atoms with Gasteiger partial charge >= 0.3 is 6.03 Å². The predicted molar refractivity (Wildman–Crippen MR) is 260 cm³/mol. The third kappa shape index (κ3) is 18.7. The maximum absolute atomic E-state index is 14.8. The summed E-state index contributed by atoms with van der Waals surface area (Å²) >= 11 is 0. The molecule has 0 radical (unpaired) electrons. The predicted octanol–water partition coefficient (Wildman–Crippen LogP) is 15.2. The quantitative estimate of drug-likeness (QED) is 0.0528. The van der Waals surface area contributed by atoms with Crippen LogP contribution in [0.4, 0.5) is 21.9 Å². The zero-order chi connectivity index (χ0) is 44.5. The lowest BCUT2D eigenvalue weighted by Crippen LogP contribution is -2.39. The number of carbonyl (C=O) groups is 1. The molecule has 61 heavy (non-hydrogen) atoms. The van der Waals surface area contributed by atoms with E-state index in [-0.39, 0.29) is 22.6 Å². The van der Waals surface area contributed by atoms with Gasteiger partial charge in [0.15, 0.2) is 0 Å². The van der Waals surface area contributed by atoms with Crippen LogP contribution in [0.3, 0.4) is 0 Å². The van der Waals surface area contributed by atoms with Crippen molar-refractivity contribution in [3.63, 3.8) is 0 Å². The molecule has 0 aliphatic carbocycles. The lowest BCUT2D eigenvalue weighted by molar-refractivity contribution is 0.202. The number of nitrogens with one attached hydrogen (secondary N) is 2. The Kier molecular flexibility index (Phi) is 24.4. The maximum Gasteiger partial charge on any atom is 0.314 e. The number of sulfonamides is 1. The molecule has 0 aliphatic rings. The Morgan fingerprint density at radius 3 is 1.57 bits per heavy atom. The Bertz CT molecular complexity index is 1760. The van der Waals surface area contributed by atoms with E-state index in [2.05, 4.69) is 37.7 Å². The first kappa shape index (κ1) is 51.6. The Hall–Kier alpha value is -3.72. The first-order valence-electron chi connectivity index (χ1n) is 24.2. The van der Waals surface area contributed by atoms with E-state index in [9.17, 15) is 13.2 Å². The zero-order valence-corrected chi connectivity index (χ0v) is 40.2. The molecule has 0 aromatic heterocycles. The molecule has 0 bridgehead atoms. The van der Waals surface area contributed by atoms with Gasteiger partial charge in [0.05, 0.1) is 11.5 Å². The summed E-state index contributed by atoms with van der Waals surface area (Å²) in [6, 6.07) is 18.7. The Balaban J connectivity index is 1.77. The molecule has 2 amide bonds. The molecule has 3 aromatic carbocycles. The minimum absolute atomic E-state index is 0.0841. The molecule has 9 heteroatoms. The van der Waals surface area contributed by atoms with Crippen molar-refractivity contribution in [3.05, 3.63) is 77.4 Å². The molecule has 3 rings (SSSR count). The molecule has 0 fully saturated rings. The SMILES string of the molecule is CCCCCCCCCCCCCCCCCCN(CC(C)c1c(OCCCCCC)c(C(C)C)cc(C(C)C)c1S(=O)(=O)Nc1ccc(Nc2ccccc2)cc1)C(N)=O. The highest BCUT2D eigenvalue weighted by atomic mass is 32.2. The van der Waals surface area contributed by atoms with Gasteiger partial charge in [-0.25, -0.2) is 13.2 Å². The van der Waals surface area contributed by atoms with E-state index in [4.69, 9.17) is 10.5 Å². The van der Waals surface area contributed by atoms with Gasteiger partial charge in [0, 0.05) is 41.6 Å². The average Bonchev–Trinajstić information content (AvgIpc) is 3.23. The Morgan fingerprint density at radius 1 is 0.623 bits per heavy atom. The number of benzene rings is 3. The molecule has 0 saturated carbocycles. The highest BCUT2D eigenvalue weighted by Crippen LogP contribution is 2.44. The lowest BCUT2D eigenvalue weighted by atomic mass is 9.87. The third-order valence-corrected chi connectivity index (χ3v) is 13.4. The number of hydrogen-bond acceptors (Lipinski definition) is 5. The first-order chi connectivity index (χ1) is 29.4. The highest BCUT2D eigenvalue weighted by Gasteiger charge is 2.33. The summed E-state index contributed by atoms with van der Waals surface area (Å²) in [5.41, 5.74) is 10.7. The minimum atomic E-state index is -4.13. The second-order valence-corrected chi connectivity index (χ2v) is 19.6. The van der Waals surface area contributed by atoms with Crippen LogP contribution in [-0.2, 0) is 10.0 Å². The zero-order valence-electron chi connectivity index (χ0n) is 39.3. The lowest BCUT2D eigenvalue weighted by Gasteiger charge is -2.31. The number of unbranched alkanes of at least 4 members (excludes halogenated alkanes) is 18. The van der Waals surface area contributed by atoms with Gasteiger partial charge in [0.1, 0.15) is 5.75 Å². The van der Waals surface area contributed by atoms with E-state index in [0.717, 1.165) is 67.4 Å². The van der Waals surface area contributed by atoms with Crippen molar-refractivity contribution in [2.24, 2.45) is 5.73 Å². The molecule has 0 heterocycles. The second kappa shape index (κ2) is 28.8. The molecule has 3 aromatic rings. The van der Waals surface area contributed by atoms with Crippen LogP contribution in [0.2, 0.25) is 0 Å². The third-order valence-electron chi connectivity index (χ3n) is 11.9. The number of primary amides is 1. The van der Waals surface area contributed by atoms with Gasteiger partial charge in [0.25, 0.3) is 10.0 Å². The van der Waals surface area contributed by atoms with E-state index in [1.165, 1.54) is 83.5 Å². The molecule has 0 aliphatic heterocycles. The van der Waals surface area contributed by atoms with E-state index in [1.54, 1.807) is 17.0 Å². The van der Waals surface area contributed by atoms with Crippen LogP contribution < -0.4 is 20.5 Å². The van der Waals surface area contributed by atoms with E-state index in [0.29, 0.717) is 36.7 Å². The van der Waals surface area contributed by atoms with Gasteiger partial charge in [-0.15, -0.1) is 0 Å². The van der Waals surface area contributed by atoms with Crippen LogP contribution in [0.5, 0.6) is 5.75 Å². The Labute approximate surface area is 372 Å². The molecule has 1 unspecified atom stereocenters. The Morgan fingerprint density at radius 2 is 1.08 bits per heavy atom. The fourth-order valence-electron chi connectivity index (χ4n) is 8.26. The van der Waals surface area contributed by atoms with Crippen LogP contribution in [0.25, 0.3) is 0 Å². The first-order valence-corrected chi connectivity index (χ1v) is 25.7. The molecule has 342 valence electrons. The number of rotatable bonds is 33. The topological polar surface area (TPSA) is 114 Å². The molecular weight excluding hydrogens is 777 g/mol. The van der Waals surface area contributed by atoms with Gasteiger partial charge in [-0.1, -0.05) is 188 Å². The molecule has 4 N–H and O–H groups in total. The van der Waals surface area contributed by atoms with Crippen LogP contribution in [0.1, 0.15) is 211 Å². The summed E-state index contributed by atoms with van der Waals surface area (Å²) in [5.74, 6) is 0.238. The maximum atomic E-state index is 14.8. The van der Waals surface area contributed by atoms with Crippen molar-refractivity contribution in [1.82, 2.24) is 4.90 Å². The number of urea groups is 1. The number of ether oxygens (including phenoxy) is 1. The fraction of sp³-hybridized carbons (Fsp3) is 0.635. The van der Waals surface area contributed by atoms with E-state index < -0.39 is 16.1 Å². The van der Waals surface area contributed by atoms with Gasteiger partial charge < -0.3 is 20.7 Å². The number of nitrogens with two attached hydrogens (primary N) is 1. The smallest absolute Gasteiger partial charge is 0.314 e. The standard InChI is InChI=1S/C52H84N4O4S/c1-8-10-12-14-15-16-17-18-19-20-21-22-23-24-25-29-37-56(52(53)57)40-43(7)49-50(60-38-30-13-11-9-2)47(41(3)4)39-48(42(5)6)51(49)61(58,59)55-46-35-33-45(34-36-46)54-44-31-27-26-28-32-44/h26-28,31-36,39,41-43,54-55H,8-25,29-30,37-38,40H2,1-7H3,(H2,53,57). The fourth-order valence-corrected chi connectivity index (χ4v) is 10.00.